The fraction of sp³-hybridized carbons (Fsp3) is 0.192. The van der Waals surface area contributed by atoms with Crippen molar-refractivity contribution in [1.82, 2.24) is 29.7 Å². The van der Waals surface area contributed by atoms with Crippen molar-refractivity contribution in [3.8, 4) is 22.8 Å². The van der Waals surface area contributed by atoms with Gasteiger partial charge < -0.3 is 14.4 Å². The first kappa shape index (κ1) is 22.3. The Bertz CT molecular complexity index is 1450. The Morgan fingerprint density at radius 2 is 1.60 bits per heavy atom. The highest BCUT2D eigenvalue weighted by Gasteiger charge is 2.23. The van der Waals surface area contributed by atoms with E-state index in [1.807, 2.05) is 49.6 Å². The molecule has 0 unspecified atom stereocenters. The molecule has 0 radical (unpaired) electrons. The Morgan fingerprint density at radius 3 is 2.26 bits per heavy atom. The normalized spacial score (nSPS) is 11.9. The summed E-state index contributed by atoms with van der Waals surface area (Å²) >= 11 is 0. The molecule has 0 aliphatic carbocycles. The number of hydrogen-bond acceptors (Lipinski definition) is 8. The summed E-state index contributed by atoms with van der Waals surface area (Å²) in [5, 5.41) is 4.25. The number of anilines is 2. The highest BCUT2D eigenvalue weighted by molar-refractivity contribution is 5.83. The number of ether oxygens (including phenoxy) is 2. The van der Waals surface area contributed by atoms with Crippen LogP contribution >= 0.6 is 0 Å². The summed E-state index contributed by atoms with van der Waals surface area (Å²) in [4.78, 5) is 20.6. The molecule has 2 aromatic carbocycles. The fourth-order valence-corrected chi connectivity index (χ4v) is 4.01. The molecule has 3 heterocycles. The molecule has 0 fully saturated rings. The van der Waals surface area contributed by atoms with Gasteiger partial charge in [0.25, 0.3) is 0 Å². The highest BCUT2D eigenvalue weighted by atomic mass is 16.5. The third kappa shape index (κ3) is 4.48. The molecule has 0 saturated carbocycles. The van der Waals surface area contributed by atoms with E-state index in [-0.39, 0.29) is 6.04 Å². The van der Waals surface area contributed by atoms with E-state index in [0.717, 1.165) is 33.7 Å². The van der Waals surface area contributed by atoms with Crippen LogP contribution in [-0.2, 0) is 7.05 Å². The summed E-state index contributed by atoms with van der Waals surface area (Å²) in [7, 11) is 5.15. The van der Waals surface area contributed by atoms with Crippen LogP contribution in [0.2, 0.25) is 0 Å². The Labute approximate surface area is 203 Å². The number of fused-ring (bicyclic) bond motifs is 1. The van der Waals surface area contributed by atoms with Crippen LogP contribution in [-0.4, -0.2) is 43.9 Å². The van der Waals surface area contributed by atoms with Gasteiger partial charge in [0.1, 0.15) is 11.5 Å². The Morgan fingerprint density at radius 1 is 0.857 bits per heavy atom. The smallest absolute Gasteiger partial charge is 0.150 e. The van der Waals surface area contributed by atoms with Crippen LogP contribution in [0.4, 0.5) is 11.4 Å². The minimum atomic E-state index is -0.195. The topological polar surface area (TPSA) is 91.1 Å². The molecule has 35 heavy (non-hydrogen) atoms. The first-order valence-electron chi connectivity index (χ1n) is 11.1. The summed E-state index contributed by atoms with van der Waals surface area (Å²) in [6.07, 6.45) is 8.96. The van der Waals surface area contributed by atoms with Crippen molar-refractivity contribution in [3.05, 3.63) is 79.3 Å². The Hall–Kier alpha value is -4.53. The zero-order valence-electron chi connectivity index (χ0n) is 20.0. The van der Waals surface area contributed by atoms with Gasteiger partial charge in [0.05, 0.1) is 49.4 Å². The van der Waals surface area contributed by atoms with Gasteiger partial charge in [0, 0.05) is 60.8 Å². The van der Waals surface area contributed by atoms with E-state index in [2.05, 4.69) is 31.9 Å². The lowest BCUT2D eigenvalue weighted by Gasteiger charge is -2.31. The maximum atomic E-state index is 5.54. The number of nitrogens with zero attached hydrogens (tertiary/aromatic N) is 7. The monoisotopic (exact) mass is 467 g/mol. The summed E-state index contributed by atoms with van der Waals surface area (Å²) < 4.78 is 12.8. The van der Waals surface area contributed by atoms with E-state index >= 15 is 0 Å². The molecule has 0 saturated heterocycles. The molecule has 0 spiro atoms. The molecule has 1 atom stereocenters. The molecule has 0 bridgehead atoms. The molecular formula is C26H25N7O2. The standard InChI is InChI=1S/C26H25N7O2/c1-17(26-27-8-5-9-28-26)33(20-10-21(34-3)13-22(11-20)35-4)19-6-7-23-24(12-19)31-25(15-29-23)18-14-30-32(2)16-18/h5-17H,1-4H3/t17-/m1/s1. The predicted octanol–water partition coefficient (Wildman–Crippen LogP) is 4.74. The molecule has 5 aromatic rings. The lowest BCUT2D eigenvalue weighted by atomic mass is 10.1. The second-order valence-corrected chi connectivity index (χ2v) is 8.05. The van der Waals surface area contributed by atoms with Crippen molar-refractivity contribution >= 4 is 22.4 Å². The maximum absolute atomic E-state index is 5.54. The predicted molar refractivity (Wildman–Crippen MR) is 134 cm³/mol. The van der Waals surface area contributed by atoms with E-state index in [4.69, 9.17) is 14.5 Å². The third-order valence-electron chi connectivity index (χ3n) is 5.77. The van der Waals surface area contributed by atoms with E-state index in [9.17, 15) is 0 Å². The van der Waals surface area contributed by atoms with Crippen molar-refractivity contribution in [2.45, 2.75) is 13.0 Å². The van der Waals surface area contributed by atoms with Gasteiger partial charge in [-0.05, 0) is 31.2 Å². The maximum Gasteiger partial charge on any atom is 0.150 e. The van der Waals surface area contributed by atoms with Gasteiger partial charge in [-0.3, -0.25) is 9.67 Å². The molecular weight excluding hydrogens is 442 g/mol. The summed E-state index contributed by atoms with van der Waals surface area (Å²) in [5.41, 5.74) is 5.02. The number of aromatic nitrogens is 6. The van der Waals surface area contributed by atoms with Crippen molar-refractivity contribution in [3.63, 3.8) is 0 Å². The first-order chi connectivity index (χ1) is 17.1. The Balaban J connectivity index is 1.66. The number of methoxy groups -OCH3 is 2. The SMILES string of the molecule is COc1cc(OC)cc(N(c2ccc3ncc(-c4cnn(C)c4)nc3c2)[C@H](C)c2ncccn2)c1. The van der Waals surface area contributed by atoms with Crippen LogP contribution in [0.25, 0.3) is 22.3 Å². The van der Waals surface area contributed by atoms with E-state index < -0.39 is 0 Å². The van der Waals surface area contributed by atoms with E-state index in [0.29, 0.717) is 17.3 Å². The van der Waals surface area contributed by atoms with Gasteiger partial charge in [-0.25, -0.2) is 15.0 Å². The van der Waals surface area contributed by atoms with E-state index in [1.165, 1.54) is 0 Å². The summed E-state index contributed by atoms with van der Waals surface area (Å²) in [6.45, 7) is 2.06. The summed E-state index contributed by atoms with van der Waals surface area (Å²) in [6, 6.07) is 13.4. The minimum Gasteiger partial charge on any atom is -0.497 e. The molecule has 9 nitrogen and oxygen atoms in total. The van der Waals surface area contributed by atoms with Crippen LogP contribution in [0.3, 0.4) is 0 Å². The molecule has 0 aliphatic rings. The van der Waals surface area contributed by atoms with Gasteiger partial charge in [0.2, 0.25) is 0 Å². The average Bonchev–Trinajstić information content (AvgIpc) is 3.34. The molecule has 0 N–H and O–H groups in total. The van der Waals surface area contributed by atoms with Gasteiger partial charge >= 0.3 is 0 Å². The minimum absolute atomic E-state index is 0.195. The van der Waals surface area contributed by atoms with Crippen LogP contribution in [0.5, 0.6) is 11.5 Å². The second kappa shape index (κ2) is 9.38. The van der Waals surface area contributed by atoms with E-state index in [1.54, 1.807) is 49.8 Å². The lowest BCUT2D eigenvalue weighted by molar-refractivity contribution is 0.394. The quantitative estimate of drug-likeness (QED) is 0.339. The largest absolute Gasteiger partial charge is 0.497 e. The fourth-order valence-electron chi connectivity index (χ4n) is 4.01. The molecule has 176 valence electrons. The third-order valence-corrected chi connectivity index (χ3v) is 5.77. The van der Waals surface area contributed by atoms with Gasteiger partial charge in [-0.2, -0.15) is 5.10 Å². The van der Waals surface area contributed by atoms with Crippen LogP contribution in [0.1, 0.15) is 18.8 Å². The number of rotatable bonds is 7. The van der Waals surface area contributed by atoms with Gasteiger partial charge in [-0.15, -0.1) is 0 Å². The Kier molecular flexibility index (Phi) is 5.97. The van der Waals surface area contributed by atoms with Gasteiger partial charge in [-0.1, -0.05) is 0 Å². The number of benzene rings is 2. The molecule has 0 amide bonds. The summed E-state index contributed by atoms with van der Waals surface area (Å²) in [5.74, 6) is 2.06. The van der Waals surface area contributed by atoms with Crippen molar-refractivity contribution in [2.24, 2.45) is 7.05 Å². The van der Waals surface area contributed by atoms with Crippen LogP contribution < -0.4 is 14.4 Å². The average molecular weight is 468 g/mol. The van der Waals surface area contributed by atoms with Crippen LogP contribution in [0, 0.1) is 0 Å². The van der Waals surface area contributed by atoms with Crippen molar-refractivity contribution < 1.29 is 9.47 Å². The van der Waals surface area contributed by atoms with Crippen LogP contribution in [0.15, 0.2) is 73.4 Å². The number of hydrogen-bond donors (Lipinski definition) is 0. The zero-order valence-corrected chi connectivity index (χ0v) is 20.0. The lowest BCUT2D eigenvalue weighted by Crippen LogP contribution is -2.23. The number of aryl methyl sites for hydroxylation is 1. The molecule has 0 aliphatic heterocycles. The highest BCUT2D eigenvalue weighted by Crippen LogP contribution is 2.39. The van der Waals surface area contributed by atoms with Gasteiger partial charge in [0.15, 0.2) is 5.82 Å². The first-order valence-corrected chi connectivity index (χ1v) is 11.1. The zero-order chi connectivity index (χ0) is 24.4. The second-order valence-electron chi connectivity index (χ2n) is 8.05. The molecule has 9 heteroatoms. The molecule has 3 aromatic heterocycles. The van der Waals surface area contributed by atoms with Crippen molar-refractivity contribution in [2.75, 3.05) is 19.1 Å². The van der Waals surface area contributed by atoms with Crippen molar-refractivity contribution in [1.29, 1.82) is 0 Å². The molecule has 5 rings (SSSR count).